The largest absolute Gasteiger partial charge is 0.294 e. The Bertz CT molecular complexity index is 367. The van der Waals surface area contributed by atoms with Crippen LogP contribution in [0.3, 0.4) is 0 Å². The van der Waals surface area contributed by atoms with E-state index >= 15 is 0 Å². The zero-order valence-electron chi connectivity index (χ0n) is 8.22. The summed E-state index contributed by atoms with van der Waals surface area (Å²) in [5, 5.41) is 0. The topological polar surface area (TPSA) is 17.1 Å². The van der Waals surface area contributed by atoms with Crippen molar-refractivity contribution in [3.63, 3.8) is 0 Å². The molecule has 1 fully saturated rings. The van der Waals surface area contributed by atoms with Gasteiger partial charge in [-0.25, -0.2) is 0 Å². The number of hydrogen-bond donors (Lipinski definition) is 0. The molecule has 0 unspecified atom stereocenters. The highest BCUT2D eigenvalue weighted by Crippen LogP contribution is 2.34. The van der Waals surface area contributed by atoms with Gasteiger partial charge in [0.25, 0.3) is 0 Å². The summed E-state index contributed by atoms with van der Waals surface area (Å²) in [5.74, 6) is 0.999. The molecule has 14 heavy (non-hydrogen) atoms. The number of hydrogen-bond acceptors (Lipinski definition) is 1. The van der Waals surface area contributed by atoms with Gasteiger partial charge in [-0.3, -0.25) is 4.79 Å². The van der Waals surface area contributed by atoms with Gasteiger partial charge in [-0.1, -0.05) is 18.2 Å². The fourth-order valence-corrected chi connectivity index (χ4v) is 2.22. The molecule has 2 heteroatoms. The lowest BCUT2D eigenvalue weighted by Gasteiger charge is -2.05. The molecule has 1 nitrogen and oxygen atoms in total. The molecule has 1 aliphatic rings. The van der Waals surface area contributed by atoms with Gasteiger partial charge in [-0.05, 0) is 53.8 Å². The third-order valence-corrected chi connectivity index (χ3v) is 4.10. The molecule has 74 valence electrons. The van der Waals surface area contributed by atoms with Crippen LogP contribution in [0.25, 0.3) is 0 Å². The molecule has 1 aromatic carbocycles. The van der Waals surface area contributed by atoms with Gasteiger partial charge in [0.2, 0.25) is 0 Å². The van der Waals surface area contributed by atoms with Crippen molar-refractivity contribution in [3.05, 3.63) is 32.9 Å². The highest BCUT2D eigenvalue weighted by Gasteiger charge is 2.25. The predicted octanol–water partition coefficient (Wildman–Crippen LogP) is 3.58. The van der Waals surface area contributed by atoms with Gasteiger partial charge in [-0.2, -0.15) is 0 Å². The van der Waals surface area contributed by atoms with Crippen LogP contribution in [0.15, 0.2) is 18.2 Å². The maximum Gasteiger partial charge on any atom is 0.164 e. The van der Waals surface area contributed by atoms with Gasteiger partial charge in [0.05, 0.1) is 0 Å². The Balaban J connectivity index is 2.21. The number of benzene rings is 1. The number of rotatable bonds is 3. The first-order chi connectivity index (χ1) is 6.68. The molecular formula is C12H13IO. The summed E-state index contributed by atoms with van der Waals surface area (Å²) in [5.41, 5.74) is 2.12. The summed E-state index contributed by atoms with van der Waals surface area (Å²) in [6, 6.07) is 5.97. The van der Waals surface area contributed by atoms with E-state index in [0.29, 0.717) is 11.7 Å². The Labute approximate surface area is 98.0 Å². The van der Waals surface area contributed by atoms with E-state index in [2.05, 4.69) is 35.6 Å². The van der Waals surface area contributed by atoms with E-state index in [9.17, 15) is 4.79 Å². The van der Waals surface area contributed by atoms with Gasteiger partial charge in [0.1, 0.15) is 0 Å². The number of halogens is 1. The number of ketones is 1. The minimum absolute atomic E-state index is 0.320. The molecule has 1 aliphatic carbocycles. The lowest BCUT2D eigenvalue weighted by Crippen LogP contribution is -2.03. The van der Waals surface area contributed by atoms with Crippen molar-refractivity contribution in [2.24, 2.45) is 5.92 Å². The van der Waals surface area contributed by atoms with Gasteiger partial charge in [0.15, 0.2) is 5.78 Å². The number of carbonyl (C=O) groups is 1. The molecule has 1 saturated carbocycles. The Hall–Kier alpha value is -0.380. The highest BCUT2D eigenvalue weighted by molar-refractivity contribution is 14.1. The van der Waals surface area contributed by atoms with Crippen LogP contribution in [-0.4, -0.2) is 5.78 Å². The van der Waals surface area contributed by atoms with Crippen molar-refractivity contribution in [1.29, 1.82) is 0 Å². The van der Waals surface area contributed by atoms with Gasteiger partial charge >= 0.3 is 0 Å². The zero-order chi connectivity index (χ0) is 10.1. The van der Waals surface area contributed by atoms with E-state index in [1.807, 2.05) is 12.1 Å². The summed E-state index contributed by atoms with van der Waals surface area (Å²) in [6.45, 7) is 2.05. The van der Waals surface area contributed by atoms with Crippen LogP contribution < -0.4 is 0 Å². The number of Topliss-reactive ketones (excluding diaryl/α,β-unsaturated/α-hetero) is 1. The van der Waals surface area contributed by atoms with E-state index in [1.165, 1.54) is 18.4 Å². The maximum absolute atomic E-state index is 11.9. The lowest BCUT2D eigenvalue weighted by molar-refractivity contribution is 0.0975. The highest BCUT2D eigenvalue weighted by atomic mass is 127. The Morgan fingerprint density at radius 2 is 2.21 bits per heavy atom. The SMILES string of the molecule is Cc1cccc(C(=O)CC2CC2)c1I. The van der Waals surface area contributed by atoms with Crippen LogP contribution >= 0.6 is 22.6 Å². The first-order valence-corrected chi connectivity index (χ1v) is 6.04. The first-order valence-electron chi connectivity index (χ1n) is 4.97. The Morgan fingerprint density at radius 3 is 2.86 bits per heavy atom. The Morgan fingerprint density at radius 1 is 1.50 bits per heavy atom. The molecule has 1 aromatic rings. The van der Waals surface area contributed by atoms with Crippen molar-refractivity contribution in [2.75, 3.05) is 0 Å². The van der Waals surface area contributed by atoms with Crippen LogP contribution in [0.2, 0.25) is 0 Å². The van der Waals surface area contributed by atoms with E-state index in [4.69, 9.17) is 0 Å². The molecule has 0 saturated heterocycles. The molecule has 0 atom stereocenters. The average Bonchev–Trinajstić information content (AvgIpc) is 2.93. The van der Waals surface area contributed by atoms with Crippen LogP contribution in [0.5, 0.6) is 0 Å². The van der Waals surface area contributed by atoms with Gasteiger partial charge < -0.3 is 0 Å². The maximum atomic E-state index is 11.9. The molecular weight excluding hydrogens is 287 g/mol. The Kier molecular flexibility index (Phi) is 2.91. The predicted molar refractivity (Wildman–Crippen MR) is 65.6 cm³/mol. The summed E-state index contributed by atoms with van der Waals surface area (Å²) >= 11 is 2.27. The summed E-state index contributed by atoms with van der Waals surface area (Å²) in [6.07, 6.45) is 3.24. The molecule has 0 spiro atoms. The third kappa shape index (κ3) is 2.16. The van der Waals surface area contributed by atoms with Crippen molar-refractivity contribution >= 4 is 28.4 Å². The van der Waals surface area contributed by atoms with Crippen LogP contribution in [0.1, 0.15) is 35.2 Å². The van der Waals surface area contributed by atoms with E-state index in [-0.39, 0.29) is 0 Å². The lowest BCUT2D eigenvalue weighted by atomic mass is 10.0. The smallest absolute Gasteiger partial charge is 0.164 e. The van der Waals surface area contributed by atoms with Crippen molar-refractivity contribution < 1.29 is 4.79 Å². The molecule has 0 aliphatic heterocycles. The minimum atomic E-state index is 0.320. The second kappa shape index (κ2) is 4.01. The van der Waals surface area contributed by atoms with E-state index < -0.39 is 0 Å². The van der Waals surface area contributed by atoms with Crippen LogP contribution in [-0.2, 0) is 0 Å². The molecule has 2 rings (SSSR count). The minimum Gasteiger partial charge on any atom is -0.294 e. The average molecular weight is 300 g/mol. The second-order valence-electron chi connectivity index (χ2n) is 4.01. The van der Waals surface area contributed by atoms with Crippen LogP contribution in [0, 0.1) is 16.4 Å². The number of carbonyl (C=O) groups excluding carboxylic acids is 1. The molecule has 0 heterocycles. The van der Waals surface area contributed by atoms with Gasteiger partial charge in [-0.15, -0.1) is 0 Å². The fourth-order valence-electron chi connectivity index (χ4n) is 1.56. The fraction of sp³-hybridized carbons (Fsp3) is 0.417. The molecule has 0 bridgehead atoms. The molecule has 0 radical (unpaired) electrons. The molecule has 0 N–H and O–H groups in total. The van der Waals surface area contributed by atoms with Crippen molar-refractivity contribution in [3.8, 4) is 0 Å². The van der Waals surface area contributed by atoms with Gasteiger partial charge in [0, 0.05) is 15.6 Å². The summed E-state index contributed by atoms with van der Waals surface area (Å²) < 4.78 is 1.12. The normalized spacial score (nSPS) is 15.6. The quantitative estimate of drug-likeness (QED) is 0.616. The summed E-state index contributed by atoms with van der Waals surface area (Å²) in [7, 11) is 0. The second-order valence-corrected chi connectivity index (χ2v) is 5.09. The third-order valence-electron chi connectivity index (χ3n) is 2.66. The van der Waals surface area contributed by atoms with E-state index in [1.54, 1.807) is 0 Å². The standard InChI is InChI=1S/C12H13IO/c1-8-3-2-4-10(12(8)13)11(14)7-9-5-6-9/h2-4,9H,5-7H2,1H3. The molecule has 0 aromatic heterocycles. The zero-order valence-corrected chi connectivity index (χ0v) is 10.4. The summed E-state index contributed by atoms with van der Waals surface area (Å²) in [4.78, 5) is 11.9. The monoisotopic (exact) mass is 300 g/mol. The van der Waals surface area contributed by atoms with Crippen molar-refractivity contribution in [2.45, 2.75) is 26.2 Å². The van der Waals surface area contributed by atoms with Crippen LogP contribution in [0.4, 0.5) is 0 Å². The molecule has 0 amide bonds. The first kappa shape index (κ1) is 10.1. The van der Waals surface area contributed by atoms with Crippen molar-refractivity contribution in [1.82, 2.24) is 0 Å². The van der Waals surface area contributed by atoms with E-state index in [0.717, 1.165) is 15.6 Å². The number of aryl methyl sites for hydroxylation is 1.